The fraction of sp³-hybridized carbons (Fsp3) is 0.920. The zero-order chi connectivity index (χ0) is 23.7. The zero-order valence-electron chi connectivity index (χ0n) is 20.1. The second kappa shape index (κ2) is 7.63. The summed E-state index contributed by atoms with van der Waals surface area (Å²) in [4.78, 5) is 25.3. The molecule has 2 amide bonds. The highest BCUT2D eigenvalue weighted by atomic mass is 19.4. The van der Waals surface area contributed by atoms with Crippen LogP contribution in [0.1, 0.15) is 86.0 Å². The molecule has 2 N–H and O–H groups in total. The predicted octanol–water partition coefficient (Wildman–Crippen LogP) is 5.22. The highest BCUT2D eigenvalue weighted by Gasteiger charge is 2.61. The number of carbonyl (C=O) groups is 2. The Bertz CT molecular complexity index is 782. The molecule has 4 nitrogen and oxygen atoms in total. The summed E-state index contributed by atoms with van der Waals surface area (Å²) in [6, 6.07) is 0.250. The van der Waals surface area contributed by atoms with Gasteiger partial charge in [0.05, 0.1) is 5.92 Å². The van der Waals surface area contributed by atoms with E-state index in [1.54, 1.807) is 0 Å². The topological polar surface area (TPSA) is 58.2 Å². The monoisotopic (exact) mass is 456 g/mol. The van der Waals surface area contributed by atoms with Crippen molar-refractivity contribution in [3.05, 3.63) is 0 Å². The highest BCUT2D eigenvalue weighted by Crippen LogP contribution is 2.65. The molecule has 0 aromatic heterocycles. The molecule has 4 aliphatic rings. The molecule has 0 spiro atoms. The van der Waals surface area contributed by atoms with Crippen LogP contribution < -0.4 is 10.6 Å². The van der Waals surface area contributed by atoms with Crippen LogP contribution in [0.25, 0.3) is 0 Å². The Morgan fingerprint density at radius 3 is 2.34 bits per heavy atom. The Morgan fingerprint density at radius 1 is 1.03 bits per heavy atom. The summed E-state index contributed by atoms with van der Waals surface area (Å²) in [6.07, 6.45) is 2.92. The minimum atomic E-state index is -4.35. The molecule has 4 fully saturated rings. The molecule has 1 saturated heterocycles. The lowest BCUT2D eigenvalue weighted by atomic mass is 9.47. The average Bonchev–Trinajstić information content (AvgIpc) is 3.04. The molecule has 7 heteroatoms. The van der Waals surface area contributed by atoms with E-state index in [9.17, 15) is 22.8 Å². The largest absolute Gasteiger partial charge is 0.393 e. The SMILES string of the molecule is CC(C(F)(F)F)C(C)(C)NC(=O)C1CC[C@H]2[C@@H]3CCC4NC(=O)CC[C@]4(C)[C@@H]3CC[C@]12C. The van der Waals surface area contributed by atoms with Gasteiger partial charge in [0.1, 0.15) is 0 Å². The molecule has 3 saturated carbocycles. The van der Waals surface area contributed by atoms with Gasteiger partial charge in [0, 0.05) is 23.9 Å². The normalized spacial score (nSPS) is 42.9. The standard InChI is InChI=1S/C25H39F3N2O2/c1-14(25(26,27)28)22(2,3)30-21(32)18-8-7-16-15-6-9-19-24(5,13-11-20(31)29-19)17(15)10-12-23(16,18)4/h14-19H,6-13H2,1-5H3,(H,29,31)(H,30,32)/t14?,15-,16-,17+,18?,19?,23-,24+/m0/s1. The van der Waals surface area contributed by atoms with Crippen molar-refractivity contribution in [3.63, 3.8) is 0 Å². The molecule has 32 heavy (non-hydrogen) atoms. The Hall–Kier alpha value is -1.27. The number of nitrogens with one attached hydrogen (secondary N) is 2. The zero-order valence-corrected chi connectivity index (χ0v) is 20.1. The van der Waals surface area contributed by atoms with Crippen LogP contribution in [-0.4, -0.2) is 29.6 Å². The van der Waals surface area contributed by atoms with Gasteiger partial charge < -0.3 is 10.6 Å². The second-order valence-electron chi connectivity index (χ2n) is 12.2. The van der Waals surface area contributed by atoms with E-state index in [-0.39, 0.29) is 34.6 Å². The van der Waals surface area contributed by atoms with Crippen LogP contribution in [0.4, 0.5) is 13.2 Å². The van der Waals surface area contributed by atoms with Crippen LogP contribution in [0.15, 0.2) is 0 Å². The van der Waals surface area contributed by atoms with E-state index < -0.39 is 17.6 Å². The first-order chi connectivity index (χ1) is 14.7. The molecule has 182 valence electrons. The molecule has 3 unspecified atom stereocenters. The van der Waals surface area contributed by atoms with Crippen LogP contribution in [0.5, 0.6) is 0 Å². The number of rotatable bonds is 3. The van der Waals surface area contributed by atoms with Crippen molar-refractivity contribution in [2.45, 2.75) is 104 Å². The average molecular weight is 457 g/mol. The van der Waals surface area contributed by atoms with Gasteiger partial charge >= 0.3 is 6.18 Å². The van der Waals surface area contributed by atoms with Crippen LogP contribution >= 0.6 is 0 Å². The van der Waals surface area contributed by atoms with Gasteiger partial charge in [-0.1, -0.05) is 20.8 Å². The third-order valence-corrected chi connectivity index (χ3v) is 10.4. The first kappa shape index (κ1) is 23.9. The molecule has 3 aliphatic carbocycles. The summed E-state index contributed by atoms with van der Waals surface area (Å²) in [5, 5.41) is 6.03. The van der Waals surface area contributed by atoms with Gasteiger partial charge in [-0.15, -0.1) is 0 Å². The minimum absolute atomic E-state index is 0.114. The van der Waals surface area contributed by atoms with Crippen LogP contribution in [0.2, 0.25) is 0 Å². The van der Waals surface area contributed by atoms with E-state index in [1.807, 2.05) is 0 Å². The molecule has 0 bridgehead atoms. The smallest absolute Gasteiger partial charge is 0.353 e. The summed E-state index contributed by atoms with van der Waals surface area (Å²) in [7, 11) is 0. The maximum absolute atomic E-state index is 13.3. The van der Waals surface area contributed by atoms with E-state index in [0.29, 0.717) is 24.2 Å². The van der Waals surface area contributed by atoms with E-state index in [2.05, 4.69) is 24.5 Å². The number of amides is 2. The third-order valence-electron chi connectivity index (χ3n) is 10.4. The van der Waals surface area contributed by atoms with Crippen molar-refractivity contribution in [2.75, 3.05) is 0 Å². The molecule has 0 aromatic rings. The first-order valence-electron chi connectivity index (χ1n) is 12.4. The van der Waals surface area contributed by atoms with Crippen LogP contribution in [0.3, 0.4) is 0 Å². The van der Waals surface area contributed by atoms with Gasteiger partial charge in [0.15, 0.2) is 0 Å². The summed E-state index contributed by atoms with van der Waals surface area (Å²) in [5.74, 6) is -0.385. The van der Waals surface area contributed by atoms with Crippen molar-refractivity contribution < 1.29 is 22.8 Å². The third kappa shape index (κ3) is 3.66. The van der Waals surface area contributed by atoms with Gasteiger partial charge in [-0.2, -0.15) is 13.2 Å². The number of hydrogen-bond donors (Lipinski definition) is 2. The Labute approximate surface area is 189 Å². The number of alkyl halides is 3. The second-order valence-corrected chi connectivity index (χ2v) is 12.2. The van der Waals surface area contributed by atoms with Gasteiger partial charge in [-0.25, -0.2) is 0 Å². The summed E-state index contributed by atoms with van der Waals surface area (Å²) >= 11 is 0. The van der Waals surface area contributed by atoms with E-state index in [1.165, 1.54) is 13.8 Å². The van der Waals surface area contributed by atoms with Crippen molar-refractivity contribution in [3.8, 4) is 0 Å². The van der Waals surface area contributed by atoms with Crippen molar-refractivity contribution >= 4 is 11.8 Å². The lowest BCUT2D eigenvalue weighted by Gasteiger charge is -2.60. The molecule has 1 heterocycles. The number of halogens is 3. The number of piperidine rings is 1. The Morgan fingerprint density at radius 2 is 1.69 bits per heavy atom. The summed E-state index contributed by atoms with van der Waals surface area (Å²) < 4.78 is 40.0. The van der Waals surface area contributed by atoms with Crippen molar-refractivity contribution in [1.29, 1.82) is 0 Å². The molecule has 0 aromatic carbocycles. The molecular formula is C25H39F3N2O2. The molecular weight excluding hydrogens is 417 g/mol. The van der Waals surface area contributed by atoms with E-state index >= 15 is 0 Å². The lowest BCUT2D eigenvalue weighted by Crippen LogP contribution is -2.61. The van der Waals surface area contributed by atoms with Gasteiger partial charge in [0.2, 0.25) is 11.8 Å². The number of fused-ring (bicyclic) bond motifs is 5. The fourth-order valence-electron chi connectivity index (χ4n) is 8.05. The van der Waals surface area contributed by atoms with Crippen LogP contribution in [0, 0.1) is 40.4 Å². The summed E-state index contributed by atoms with van der Waals surface area (Å²) in [6.45, 7) is 8.66. The molecule has 1 aliphatic heterocycles. The highest BCUT2D eigenvalue weighted by molar-refractivity contribution is 5.81. The van der Waals surface area contributed by atoms with Crippen LogP contribution in [-0.2, 0) is 9.59 Å². The molecule has 8 atom stereocenters. The quantitative estimate of drug-likeness (QED) is 0.612. The minimum Gasteiger partial charge on any atom is -0.353 e. The van der Waals surface area contributed by atoms with Gasteiger partial charge in [-0.3, -0.25) is 9.59 Å². The summed E-state index contributed by atoms with van der Waals surface area (Å²) in [5.41, 5.74) is -1.39. The maximum Gasteiger partial charge on any atom is 0.393 e. The van der Waals surface area contributed by atoms with Gasteiger partial charge in [0.25, 0.3) is 0 Å². The van der Waals surface area contributed by atoms with E-state index in [4.69, 9.17) is 0 Å². The van der Waals surface area contributed by atoms with Crippen molar-refractivity contribution in [1.82, 2.24) is 10.6 Å². The Balaban J connectivity index is 1.51. The fourth-order valence-corrected chi connectivity index (χ4v) is 8.05. The van der Waals surface area contributed by atoms with Crippen molar-refractivity contribution in [2.24, 2.45) is 40.4 Å². The van der Waals surface area contributed by atoms with Gasteiger partial charge in [-0.05, 0) is 87.4 Å². The number of hydrogen-bond acceptors (Lipinski definition) is 2. The maximum atomic E-state index is 13.3. The first-order valence-corrected chi connectivity index (χ1v) is 12.4. The Kier molecular flexibility index (Phi) is 5.69. The molecule has 0 radical (unpaired) electrons. The molecule has 4 rings (SSSR count). The number of carbonyl (C=O) groups excluding carboxylic acids is 2. The predicted molar refractivity (Wildman–Crippen MR) is 116 cm³/mol. The lowest BCUT2D eigenvalue weighted by molar-refractivity contribution is -0.188. The van der Waals surface area contributed by atoms with E-state index in [0.717, 1.165) is 51.9 Å².